The number of aryl methyl sites for hydroxylation is 1. The summed E-state index contributed by atoms with van der Waals surface area (Å²) in [6.45, 7) is 7.16. The molecule has 2 aromatic carbocycles. The van der Waals surface area contributed by atoms with Gasteiger partial charge in [0.1, 0.15) is 0 Å². The van der Waals surface area contributed by atoms with Crippen LogP contribution in [-0.2, 0) is 10.0 Å². The predicted octanol–water partition coefficient (Wildman–Crippen LogP) is 3.91. The van der Waals surface area contributed by atoms with E-state index in [0.29, 0.717) is 36.2 Å². The fourth-order valence-corrected chi connectivity index (χ4v) is 5.37. The first-order valence-corrected chi connectivity index (χ1v) is 10.7. The van der Waals surface area contributed by atoms with Gasteiger partial charge in [0.05, 0.1) is 4.90 Å². The van der Waals surface area contributed by atoms with Crippen molar-refractivity contribution in [2.75, 3.05) is 18.4 Å². The highest BCUT2D eigenvalue weighted by molar-refractivity contribution is 7.89. The first kappa shape index (κ1) is 19.6. The number of benzene rings is 2. The van der Waals surface area contributed by atoms with Crippen LogP contribution in [0.4, 0.5) is 5.69 Å². The second-order valence-electron chi connectivity index (χ2n) is 7.56. The van der Waals surface area contributed by atoms with Gasteiger partial charge in [0.15, 0.2) is 0 Å². The highest BCUT2D eigenvalue weighted by atomic mass is 32.2. The second-order valence-corrected chi connectivity index (χ2v) is 9.50. The summed E-state index contributed by atoms with van der Waals surface area (Å²) in [4.78, 5) is 12.7. The van der Waals surface area contributed by atoms with Gasteiger partial charge in [-0.2, -0.15) is 4.31 Å². The number of amides is 1. The van der Waals surface area contributed by atoms with Crippen LogP contribution < -0.4 is 5.32 Å². The molecule has 0 radical (unpaired) electrons. The Morgan fingerprint density at radius 3 is 2.19 bits per heavy atom. The average Bonchev–Trinajstić information content (AvgIpc) is 2.61. The molecule has 0 aliphatic carbocycles. The molecule has 1 aliphatic heterocycles. The van der Waals surface area contributed by atoms with E-state index in [1.807, 2.05) is 25.1 Å². The van der Waals surface area contributed by atoms with E-state index in [-0.39, 0.29) is 10.8 Å². The number of nitrogens with one attached hydrogen (secondary N) is 1. The molecule has 1 heterocycles. The fraction of sp³-hybridized carbons (Fsp3) is 0.381. The third-order valence-electron chi connectivity index (χ3n) is 4.98. The number of piperidine rings is 1. The molecule has 2 atom stereocenters. The Balaban J connectivity index is 1.75. The van der Waals surface area contributed by atoms with E-state index in [9.17, 15) is 13.2 Å². The number of hydrogen-bond donors (Lipinski definition) is 1. The van der Waals surface area contributed by atoms with Crippen molar-refractivity contribution >= 4 is 21.6 Å². The molecule has 0 spiro atoms. The molecule has 1 saturated heterocycles. The Kier molecular flexibility index (Phi) is 5.67. The van der Waals surface area contributed by atoms with E-state index in [1.54, 1.807) is 34.6 Å². The smallest absolute Gasteiger partial charge is 0.255 e. The van der Waals surface area contributed by atoms with Gasteiger partial charge in [-0.3, -0.25) is 4.79 Å². The third-order valence-corrected chi connectivity index (χ3v) is 6.82. The zero-order chi connectivity index (χ0) is 19.6. The SMILES string of the molecule is Cc1ccccc1C(=O)Nc1ccc(S(=O)(=O)N2C[C@H](C)C[C@@H](C)C2)cc1. The Bertz CT molecular complexity index is 913. The van der Waals surface area contributed by atoms with Crippen LogP contribution in [0, 0.1) is 18.8 Å². The van der Waals surface area contributed by atoms with Gasteiger partial charge in [0.2, 0.25) is 10.0 Å². The average molecular weight is 387 g/mol. The molecule has 0 unspecified atom stereocenters. The van der Waals surface area contributed by atoms with Crippen molar-refractivity contribution in [2.24, 2.45) is 11.8 Å². The van der Waals surface area contributed by atoms with Crippen LogP contribution in [-0.4, -0.2) is 31.7 Å². The van der Waals surface area contributed by atoms with Gasteiger partial charge in [-0.1, -0.05) is 32.0 Å². The number of carbonyl (C=O) groups excluding carboxylic acids is 1. The Labute approximate surface area is 161 Å². The highest BCUT2D eigenvalue weighted by Crippen LogP contribution is 2.27. The van der Waals surface area contributed by atoms with E-state index in [0.717, 1.165) is 12.0 Å². The van der Waals surface area contributed by atoms with E-state index in [1.165, 1.54) is 0 Å². The first-order chi connectivity index (χ1) is 12.8. The zero-order valence-electron chi connectivity index (χ0n) is 16.0. The van der Waals surface area contributed by atoms with Gasteiger partial charge in [-0.15, -0.1) is 0 Å². The second kappa shape index (κ2) is 7.82. The lowest BCUT2D eigenvalue weighted by Gasteiger charge is -2.34. The third kappa shape index (κ3) is 4.39. The summed E-state index contributed by atoms with van der Waals surface area (Å²) in [5.74, 6) is 0.509. The number of hydrogen-bond acceptors (Lipinski definition) is 3. The molecular formula is C21H26N2O3S. The van der Waals surface area contributed by atoms with E-state index in [2.05, 4.69) is 19.2 Å². The van der Waals surface area contributed by atoms with Crippen molar-refractivity contribution in [1.82, 2.24) is 4.31 Å². The molecule has 0 saturated carbocycles. The summed E-state index contributed by atoms with van der Waals surface area (Å²) in [6, 6.07) is 13.7. The summed E-state index contributed by atoms with van der Waals surface area (Å²) >= 11 is 0. The molecule has 0 aromatic heterocycles. The number of nitrogens with zero attached hydrogens (tertiary/aromatic N) is 1. The highest BCUT2D eigenvalue weighted by Gasteiger charge is 2.31. The largest absolute Gasteiger partial charge is 0.322 e. The van der Waals surface area contributed by atoms with Crippen LogP contribution in [0.3, 0.4) is 0 Å². The topological polar surface area (TPSA) is 66.5 Å². The molecule has 2 aromatic rings. The quantitative estimate of drug-likeness (QED) is 0.866. The van der Waals surface area contributed by atoms with Crippen LogP contribution in [0.15, 0.2) is 53.4 Å². The number of rotatable bonds is 4. The molecule has 27 heavy (non-hydrogen) atoms. The molecule has 1 N–H and O–H groups in total. The summed E-state index contributed by atoms with van der Waals surface area (Å²) in [5, 5.41) is 2.82. The van der Waals surface area contributed by atoms with E-state index >= 15 is 0 Å². The lowest BCUT2D eigenvalue weighted by Crippen LogP contribution is -2.42. The first-order valence-electron chi connectivity index (χ1n) is 9.24. The fourth-order valence-electron chi connectivity index (χ4n) is 3.69. The van der Waals surface area contributed by atoms with Crippen molar-refractivity contribution in [2.45, 2.75) is 32.1 Å². The maximum Gasteiger partial charge on any atom is 0.255 e. The van der Waals surface area contributed by atoms with Crippen molar-refractivity contribution in [1.29, 1.82) is 0 Å². The Morgan fingerprint density at radius 1 is 1.00 bits per heavy atom. The predicted molar refractivity (Wildman–Crippen MR) is 107 cm³/mol. The van der Waals surface area contributed by atoms with Gasteiger partial charge in [-0.05, 0) is 61.1 Å². The van der Waals surface area contributed by atoms with Crippen LogP contribution in [0.5, 0.6) is 0 Å². The summed E-state index contributed by atoms with van der Waals surface area (Å²) < 4.78 is 27.4. The lowest BCUT2D eigenvalue weighted by atomic mass is 9.94. The monoisotopic (exact) mass is 386 g/mol. The summed E-state index contributed by atoms with van der Waals surface area (Å²) in [7, 11) is -3.51. The minimum Gasteiger partial charge on any atom is -0.322 e. The van der Waals surface area contributed by atoms with Gasteiger partial charge < -0.3 is 5.32 Å². The normalized spacial score (nSPS) is 21.0. The minimum absolute atomic E-state index is 0.206. The number of sulfonamides is 1. The van der Waals surface area contributed by atoms with Crippen LogP contribution in [0.2, 0.25) is 0 Å². The number of carbonyl (C=O) groups is 1. The Morgan fingerprint density at radius 2 is 1.59 bits per heavy atom. The molecule has 6 heteroatoms. The minimum atomic E-state index is -3.51. The maximum absolute atomic E-state index is 12.9. The molecule has 144 valence electrons. The molecule has 5 nitrogen and oxygen atoms in total. The maximum atomic E-state index is 12.9. The van der Waals surface area contributed by atoms with Gasteiger partial charge in [0, 0.05) is 24.3 Å². The van der Waals surface area contributed by atoms with E-state index in [4.69, 9.17) is 0 Å². The van der Waals surface area contributed by atoms with Crippen molar-refractivity contribution in [3.05, 3.63) is 59.7 Å². The van der Waals surface area contributed by atoms with Gasteiger partial charge in [-0.25, -0.2) is 8.42 Å². The van der Waals surface area contributed by atoms with Crippen LogP contribution in [0.25, 0.3) is 0 Å². The molecule has 1 fully saturated rings. The van der Waals surface area contributed by atoms with Gasteiger partial charge >= 0.3 is 0 Å². The summed E-state index contributed by atoms with van der Waals surface area (Å²) in [6.07, 6.45) is 1.05. The van der Waals surface area contributed by atoms with Gasteiger partial charge in [0.25, 0.3) is 5.91 Å². The molecule has 3 rings (SSSR count). The molecule has 0 bridgehead atoms. The van der Waals surface area contributed by atoms with Crippen molar-refractivity contribution in [3.8, 4) is 0 Å². The van der Waals surface area contributed by atoms with E-state index < -0.39 is 10.0 Å². The zero-order valence-corrected chi connectivity index (χ0v) is 16.8. The standard InChI is InChI=1S/C21H26N2O3S/c1-15-12-16(2)14-23(13-15)27(25,26)19-10-8-18(9-11-19)22-21(24)20-7-5-4-6-17(20)3/h4-11,15-16H,12-14H2,1-3H3,(H,22,24)/t15-,16-/m1/s1. The summed E-state index contributed by atoms with van der Waals surface area (Å²) in [5.41, 5.74) is 2.07. The van der Waals surface area contributed by atoms with Crippen molar-refractivity contribution < 1.29 is 13.2 Å². The molecular weight excluding hydrogens is 360 g/mol. The van der Waals surface area contributed by atoms with Crippen LogP contribution in [0.1, 0.15) is 36.2 Å². The lowest BCUT2D eigenvalue weighted by molar-refractivity contribution is 0.102. The number of anilines is 1. The molecule has 1 aliphatic rings. The Hall–Kier alpha value is -2.18. The van der Waals surface area contributed by atoms with Crippen LogP contribution >= 0.6 is 0 Å². The van der Waals surface area contributed by atoms with Crippen molar-refractivity contribution in [3.63, 3.8) is 0 Å². The molecule has 1 amide bonds.